The Bertz CT molecular complexity index is 184. The van der Waals surface area contributed by atoms with E-state index >= 15 is 0 Å². The van der Waals surface area contributed by atoms with E-state index in [4.69, 9.17) is 9.84 Å². The summed E-state index contributed by atoms with van der Waals surface area (Å²) in [6.07, 6.45) is 3.87. The molecule has 4 nitrogen and oxygen atoms in total. The molecule has 0 aliphatic carbocycles. The number of carboxylic acids is 1. The quantitative estimate of drug-likeness (QED) is 0.673. The van der Waals surface area contributed by atoms with Crippen LogP contribution in [-0.4, -0.2) is 48.8 Å². The van der Waals surface area contributed by atoms with Crippen LogP contribution in [0.3, 0.4) is 0 Å². The van der Waals surface area contributed by atoms with Gasteiger partial charge in [0.05, 0.1) is 0 Å². The highest BCUT2D eigenvalue weighted by Crippen LogP contribution is 2.17. The second-order valence-corrected chi connectivity index (χ2v) is 3.73. The lowest BCUT2D eigenvalue weighted by molar-refractivity contribution is -0.144. The van der Waals surface area contributed by atoms with E-state index < -0.39 is 5.97 Å². The molecule has 1 fully saturated rings. The SMILES string of the molecule is COCCCN1CCCCC1C(=O)O. The molecule has 1 aliphatic heterocycles. The summed E-state index contributed by atoms with van der Waals surface area (Å²) in [4.78, 5) is 13.0. The highest BCUT2D eigenvalue weighted by molar-refractivity contribution is 5.73. The van der Waals surface area contributed by atoms with E-state index in [0.29, 0.717) is 6.61 Å². The minimum atomic E-state index is -0.679. The number of aliphatic carboxylic acids is 1. The van der Waals surface area contributed by atoms with Gasteiger partial charge in [-0.1, -0.05) is 6.42 Å². The smallest absolute Gasteiger partial charge is 0.320 e. The highest BCUT2D eigenvalue weighted by Gasteiger charge is 2.27. The predicted molar refractivity (Wildman–Crippen MR) is 53.3 cm³/mol. The molecule has 1 N–H and O–H groups in total. The molecule has 1 saturated heterocycles. The Kier molecular flexibility index (Phi) is 4.90. The second-order valence-electron chi connectivity index (χ2n) is 3.73. The monoisotopic (exact) mass is 201 g/mol. The number of piperidine rings is 1. The number of hydrogen-bond donors (Lipinski definition) is 1. The molecule has 0 aromatic heterocycles. The van der Waals surface area contributed by atoms with E-state index in [9.17, 15) is 4.79 Å². The third-order valence-corrected chi connectivity index (χ3v) is 2.69. The van der Waals surface area contributed by atoms with Crippen molar-refractivity contribution in [2.24, 2.45) is 0 Å². The molecule has 1 rings (SSSR count). The molecule has 1 heterocycles. The Labute approximate surface area is 84.8 Å². The average Bonchev–Trinajstić information content (AvgIpc) is 2.19. The van der Waals surface area contributed by atoms with Crippen LogP contribution in [0.15, 0.2) is 0 Å². The first-order valence-electron chi connectivity index (χ1n) is 5.21. The van der Waals surface area contributed by atoms with Crippen LogP contribution in [0.4, 0.5) is 0 Å². The lowest BCUT2D eigenvalue weighted by atomic mass is 10.0. The zero-order valence-electron chi connectivity index (χ0n) is 8.74. The van der Waals surface area contributed by atoms with Crippen LogP contribution < -0.4 is 0 Å². The standard InChI is InChI=1S/C10H19NO3/c1-14-8-4-7-11-6-3-2-5-9(11)10(12)13/h9H,2-8H2,1H3,(H,12,13). The maximum atomic E-state index is 10.9. The molecule has 0 bridgehead atoms. The van der Waals surface area contributed by atoms with Gasteiger partial charge in [0.25, 0.3) is 0 Å². The van der Waals surface area contributed by atoms with Crippen molar-refractivity contribution in [1.82, 2.24) is 4.90 Å². The van der Waals surface area contributed by atoms with Gasteiger partial charge in [-0.2, -0.15) is 0 Å². The minimum Gasteiger partial charge on any atom is -0.480 e. The number of ether oxygens (including phenoxy) is 1. The van der Waals surface area contributed by atoms with Gasteiger partial charge < -0.3 is 9.84 Å². The van der Waals surface area contributed by atoms with Gasteiger partial charge >= 0.3 is 5.97 Å². The zero-order valence-corrected chi connectivity index (χ0v) is 8.74. The number of likely N-dealkylation sites (tertiary alicyclic amines) is 1. The average molecular weight is 201 g/mol. The molecule has 1 aliphatic rings. The Morgan fingerprint density at radius 3 is 3.00 bits per heavy atom. The summed E-state index contributed by atoms with van der Waals surface area (Å²) in [6.45, 7) is 2.47. The van der Waals surface area contributed by atoms with Crippen molar-refractivity contribution >= 4 is 5.97 Å². The first kappa shape index (κ1) is 11.5. The van der Waals surface area contributed by atoms with Crippen LogP contribution in [0.5, 0.6) is 0 Å². The highest BCUT2D eigenvalue weighted by atomic mass is 16.5. The van der Waals surface area contributed by atoms with Crippen LogP contribution in [0, 0.1) is 0 Å². The molecule has 0 radical (unpaired) electrons. The summed E-state index contributed by atoms with van der Waals surface area (Å²) in [5, 5.41) is 8.99. The summed E-state index contributed by atoms with van der Waals surface area (Å²) in [5.74, 6) is -0.679. The number of hydrogen-bond acceptors (Lipinski definition) is 3. The van der Waals surface area contributed by atoms with Gasteiger partial charge in [0.2, 0.25) is 0 Å². The molecule has 82 valence electrons. The topological polar surface area (TPSA) is 49.8 Å². The van der Waals surface area contributed by atoms with E-state index in [1.54, 1.807) is 7.11 Å². The van der Waals surface area contributed by atoms with Crippen LogP contribution in [0.1, 0.15) is 25.7 Å². The largest absolute Gasteiger partial charge is 0.480 e. The normalized spacial score (nSPS) is 23.6. The van der Waals surface area contributed by atoms with Crippen LogP contribution in [0.25, 0.3) is 0 Å². The molecular weight excluding hydrogens is 182 g/mol. The van der Waals surface area contributed by atoms with Crippen molar-refractivity contribution in [3.8, 4) is 0 Å². The number of methoxy groups -OCH3 is 1. The maximum Gasteiger partial charge on any atom is 0.320 e. The van der Waals surface area contributed by atoms with Gasteiger partial charge in [0.15, 0.2) is 0 Å². The van der Waals surface area contributed by atoms with Crippen LogP contribution in [-0.2, 0) is 9.53 Å². The number of carboxylic acid groups (broad SMARTS) is 1. The number of carbonyl (C=O) groups is 1. The summed E-state index contributed by atoms with van der Waals surface area (Å²) in [7, 11) is 1.67. The van der Waals surface area contributed by atoms with Gasteiger partial charge in [0, 0.05) is 20.3 Å². The van der Waals surface area contributed by atoms with Crippen LogP contribution in [0.2, 0.25) is 0 Å². The summed E-state index contributed by atoms with van der Waals surface area (Å²) in [5.41, 5.74) is 0. The third-order valence-electron chi connectivity index (χ3n) is 2.69. The van der Waals surface area contributed by atoms with E-state index in [0.717, 1.165) is 38.8 Å². The summed E-state index contributed by atoms with van der Waals surface area (Å²) < 4.78 is 4.95. The molecular formula is C10H19NO3. The first-order valence-corrected chi connectivity index (χ1v) is 5.21. The fourth-order valence-corrected chi connectivity index (χ4v) is 1.95. The van der Waals surface area contributed by atoms with Crippen molar-refractivity contribution in [2.75, 3.05) is 26.8 Å². The van der Waals surface area contributed by atoms with Crippen molar-refractivity contribution in [2.45, 2.75) is 31.7 Å². The van der Waals surface area contributed by atoms with Gasteiger partial charge in [-0.3, -0.25) is 9.69 Å². The van der Waals surface area contributed by atoms with E-state index in [1.807, 2.05) is 0 Å². The lowest BCUT2D eigenvalue weighted by Gasteiger charge is -2.32. The maximum absolute atomic E-state index is 10.9. The fourth-order valence-electron chi connectivity index (χ4n) is 1.95. The lowest BCUT2D eigenvalue weighted by Crippen LogP contribution is -2.45. The van der Waals surface area contributed by atoms with E-state index in [-0.39, 0.29) is 6.04 Å². The van der Waals surface area contributed by atoms with Gasteiger partial charge in [0.1, 0.15) is 6.04 Å². The fraction of sp³-hybridized carbons (Fsp3) is 0.900. The molecule has 14 heavy (non-hydrogen) atoms. The van der Waals surface area contributed by atoms with Crippen molar-refractivity contribution in [3.05, 3.63) is 0 Å². The Balaban J connectivity index is 2.34. The Morgan fingerprint density at radius 1 is 1.57 bits per heavy atom. The Hall–Kier alpha value is -0.610. The molecule has 4 heteroatoms. The minimum absolute atomic E-state index is 0.263. The van der Waals surface area contributed by atoms with E-state index in [1.165, 1.54) is 0 Å². The first-order chi connectivity index (χ1) is 6.75. The third kappa shape index (κ3) is 3.27. The second kappa shape index (κ2) is 5.98. The molecule has 0 spiro atoms. The van der Waals surface area contributed by atoms with Gasteiger partial charge in [-0.15, -0.1) is 0 Å². The number of nitrogens with zero attached hydrogens (tertiary/aromatic N) is 1. The predicted octanol–water partition coefficient (Wildman–Crippen LogP) is 0.962. The van der Waals surface area contributed by atoms with Crippen molar-refractivity contribution in [3.63, 3.8) is 0 Å². The van der Waals surface area contributed by atoms with Crippen LogP contribution >= 0.6 is 0 Å². The molecule has 0 aromatic rings. The van der Waals surface area contributed by atoms with Crippen molar-refractivity contribution < 1.29 is 14.6 Å². The number of rotatable bonds is 5. The Morgan fingerprint density at radius 2 is 2.36 bits per heavy atom. The zero-order chi connectivity index (χ0) is 10.4. The van der Waals surface area contributed by atoms with Gasteiger partial charge in [-0.05, 0) is 25.8 Å². The van der Waals surface area contributed by atoms with E-state index in [2.05, 4.69) is 4.90 Å². The molecule has 1 atom stereocenters. The molecule has 1 unspecified atom stereocenters. The molecule has 0 amide bonds. The summed E-state index contributed by atoms with van der Waals surface area (Å²) >= 11 is 0. The van der Waals surface area contributed by atoms with Crippen molar-refractivity contribution in [1.29, 1.82) is 0 Å². The van der Waals surface area contributed by atoms with Gasteiger partial charge in [-0.25, -0.2) is 0 Å². The molecule has 0 aromatic carbocycles. The molecule has 0 saturated carbocycles. The summed E-state index contributed by atoms with van der Waals surface area (Å²) in [6, 6.07) is -0.263.